The van der Waals surface area contributed by atoms with Gasteiger partial charge in [-0.15, -0.1) is 0 Å². The van der Waals surface area contributed by atoms with E-state index in [9.17, 15) is 17.6 Å². The molecule has 0 N–H and O–H groups in total. The standard InChI is InChI=1S/C21H28F4O/c1-2-3-4-5-6-15-7-9-16(10-8-15)11-12-17-13-18(22)20(19(23)14-17)26-21(24)25/h2-3,13-16,21H,4-12H2,1H3/b3-2+. The maximum Gasteiger partial charge on any atom is 0.387 e. The van der Waals surface area contributed by atoms with E-state index < -0.39 is 24.0 Å². The Kier molecular flexibility index (Phi) is 8.46. The lowest BCUT2D eigenvalue weighted by atomic mass is 9.78. The second-order valence-electron chi connectivity index (χ2n) is 7.19. The van der Waals surface area contributed by atoms with Crippen LogP contribution in [0.2, 0.25) is 0 Å². The zero-order valence-electron chi connectivity index (χ0n) is 15.3. The molecule has 0 radical (unpaired) electrons. The van der Waals surface area contributed by atoms with Gasteiger partial charge in [0.2, 0.25) is 0 Å². The van der Waals surface area contributed by atoms with Gasteiger partial charge in [0.05, 0.1) is 0 Å². The Labute approximate surface area is 153 Å². The molecule has 0 amide bonds. The summed E-state index contributed by atoms with van der Waals surface area (Å²) in [5, 5.41) is 0. The van der Waals surface area contributed by atoms with Crippen LogP contribution in [0, 0.1) is 23.5 Å². The Bertz CT molecular complexity index is 554. The van der Waals surface area contributed by atoms with Gasteiger partial charge in [0, 0.05) is 0 Å². The van der Waals surface area contributed by atoms with Crippen molar-refractivity contribution in [1.29, 1.82) is 0 Å². The molecule has 0 aromatic heterocycles. The minimum absolute atomic E-state index is 0.495. The Morgan fingerprint density at radius 3 is 2.15 bits per heavy atom. The smallest absolute Gasteiger partial charge is 0.387 e. The van der Waals surface area contributed by atoms with Gasteiger partial charge in [0.1, 0.15) is 0 Å². The molecule has 0 heterocycles. The second kappa shape index (κ2) is 10.6. The molecule has 1 fully saturated rings. The SMILES string of the molecule is C/C=C/CCCC1CCC(CCc2cc(F)c(OC(F)F)c(F)c2)CC1. The van der Waals surface area contributed by atoms with Crippen molar-refractivity contribution in [1.82, 2.24) is 0 Å². The van der Waals surface area contributed by atoms with E-state index in [0.717, 1.165) is 43.7 Å². The van der Waals surface area contributed by atoms with Crippen LogP contribution < -0.4 is 4.74 Å². The van der Waals surface area contributed by atoms with Crippen molar-refractivity contribution >= 4 is 0 Å². The van der Waals surface area contributed by atoms with Crippen LogP contribution in [0.25, 0.3) is 0 Å². The van der Waals surface area contributed by atoms with Crippen LogP contribution in [-0.2, 0) is 6.42 Å². The first-order valence-corrected chi connectivity index (χ1v) is 9.53. The summed E-state index contributed by atoms with van der Waals surface area (Å²) in [4.78, 5) is 0. The Morgan fingerprint density at radius 2 is 1.62 bits per heavy atom. The van der Waals surface area contributed by atoms with Gasteiger partial charge in [-0.3, -0.25) is 0 Å². The highest BCUT2D eigenvalue weighted by molar-refractivity contribution is 5.31. The molecule has 5 heteroatoms. The predicted molar refractivity (Wildman–Crippen MR) is 95.4 cm³/mol. The summed E-state index contributed by atoms with van der Waals surface area (Å²) < 4.78 is 55.7. The predicted octanol–water partition coefficient (Wildman–Crippen LogP) is 7.05. The first kappa shape index (κ1) is 20.8. The quantitative estimate of drug-likeness (QED) is 0.256. The molecule has 0 spiro atoms. The van der Waals surface area contributed by atoms with Gasteiger partial charge in [0.15, 0.2) is 17.4 Å². The monoisotopic (exact) mass is 372 g/mol. The molecule has 1 aliphatic carbocycles. The highest BCUT2D eigenvalue weighted by Crippen LogP contribution is 2.34. The van der Waals surface area contributed by atoms with Crippen LogP contribution in [0.3, 0.4) is 0 Å². The molecule has 0 saturated heterocycles. The van der Waals surface area contributed by atoms with Crippen molar-refractivity contribution < 1.29 is 22.3 Å². The second-order valence-corrected chi connectivity index (χ2v) is 7.19. The minimum Gasteiger partial charge on any atom is -0.429 e. The van der Waals surface area contributed by atoms with Gasteiger partial charge in [-0.2, -0.15) is 8.78 Å². The summed E-state index contributed by atoms with van der Waals surface area (Å²) >= 11 is 0. The number of rotatable bonds is 9. The molecule has 146 valence electrons. The number of unbranched alkanes of at least 4 members (excludes halogenated alkanes) is 1. The zero-order valence-corrected chi connectivity index (χ0v) is 15.3. The van der Waals surface area contributed by atoms with Crippen molar-refractivity contribution in [3.63, 3.8) is 0 Å². The summed E-state index contributed by atoms with van der Waals surface area (Å²) in [5.41, 5.74) is 0.495. The van der Waals surface area contributed by atoms with Crippen LogP contribution in [-0.4, -0.2) is 6.61 Å². The number of benzene rings is 1. The molecule has 0 bridgehead atoms. The van der Waals surface area contributed by atoms with Crippen molar-refractivity contribution in [3.05, 3.63) is 41.5 Å². The van der Waals surface area contributed by atoms with Crippen LogP contribution in [0.15, 0.2) is 24.3 Å². The maximum atomic E-state index is 13.8. The van der Waals surface area contributed by atoms with Gasteiger partial charge >= 0.3 is 6.61 Å². The van der Waals surface area contributed by atoms with Gasteiger partial charge in [-0.25, -0.2) is 8.78 Å². The molecule has 1 nitrogen and oxygen atoms in total. The summed E-state index contributed by atoms with van der Waals surface area (Å²) in [7, 11) is 0. The van der Waals surface area contributed by atoms with E-state index in [1.165, 1.54) is 25.7 Å². The van der Waals surface area contributed by atoms with E-state index in [4.69, 9.17) is 0 Å². The average Bonchev–Trinajstić information content (AvgIpc) is 2.61. The number of ether oxygens (including phenoxy) is 1. The number of halogens is 4. The van der Waals surface area contributed by atoms with Crippen molar-refractivity contribution in [2.24, 2.45) is 11.8 Å². The summed E-state index contributed by atoms with van der Waals surface area (Å²) in [6.07, 6.45) is 14.2. The van der Waals surface area contributed by atoms with E-state index in [2.05, 4.69) is 16.9 Å². The van der Waals surface area contributed by atoms with Crippen LogP contribution >= 0.6 is 0 Å². The summed E-state index contributed by atoms with van der Waals surface area (Å²) in [5.74, 6) is -1.75. The number of aryl methyl sites for hydroxylation is 1. The minimum atomic E-state index is -3.24. The fourth-order valence-electron chi connectivity index (χ4n) is 3.83. The van der Waals surface area contributed by atoms with Crippen LogP contribution in [0.4, 0.5) is 17.6 Å². The van der Waals surface area contributed by atoms with Crippen LogP contribution in [0.1, 0.15) is 63.9 Å². The molecule has 0 atom stereocenters. The summed E-state index contributed by atoms with van der Waals surface area (Å²) in [6.45, 7) is -1.19. The first-order valence-electron chi connectivity index (χ1n) is 9.53. The van der Waals surface area contributed by atoms with Crippen molar-refractivity contribution in [3.8, 4) is 5.75 Å². The van der Waals surface area contributed by atoms with Gasteiger partial charge in [0.25, 0.3) is 0 Å². The van der Waals surface area contributed by atoms with Gasteiger partial charge < -0.3 is 4.74 Å². The Balaban J connectivity index is 1.76. The molecule has 0 aliphatic heterocycles. The molecular formula is C21H28F4O. The third kappa shape index (κ3) is 6.65. The van der Waals surface area contributed by atoms with E-state index in [1.54, 1.807) is 0 Å². The van der Waals surface area contributed by atoms with Gasteiger partial charge in [-0.05, 0) is 62.1 Å². The van der Waals surface area contributed by atoms with Gasteiger partial charge in [-0.1, -0.05) is 44.3 Å². The van der Waals surface area contributed by atoms with E-state index in [1.807, 2.05) is 6.92 Å². The lowest BCUT2D eigenvalue weighted by molar-refractivity contribution is -0.0546. The fourth-order valence-corrected chi connectivity index (χ4v) is 3.83. The molecule has 1 aromatic rings. The number of hydrogen-bond acceptors (Lipinski definition) is 1. The molecule has 26 heavy (non-hydrogen) atoms. The third-order valence-corrected chi connectivity index (χ3v) is 5.29. The number of alkyl halides is 2. The molecule has 2 rings (SSSR count). The van der Waals surface area contributed by atoms with Crippen molar-refractivity contribution in [2.75, 3.05) is 0 Å². The first-order chi connectivity index (χ1) is 12.5. The number of allylic oxidation sites excluding steroid dienone is 2. The molecule has 1 aliphatic rings. The molecule has 1 aromatic carbocycles. The zero-order chi connectivity index (χ0) is 18.9. The fraction of sp³-hybridized carbons (Fsp3) is 0.619. The van der Waals surface area contributed by atoms with E-state index >= 15 is 0 Å². The molecule has 0 unspecified atom stereocenters. The lowest BCUT2D eigenvalue weighted by Gasteiger charge is -2.28. The Hall–Kier alpha value is -1.52. The third-order valence-electron chi connectivity index (χ3n) is 5.29. The highest BCUT2D eigenvalue weighted by Gasteiger charge is 2.21. The Morgan fingerprint density at radius 1 is 1.04 bits per heavy atom. The highest BCUT2D eigenvalue weighted by atomic mass is 19.3. The van der Waals surface area contributed by atoms with Crippen molar-refractivity contribution in [2.45, 2.75) is 71.3 Å². The van der Waals surface area contributed by atoms with E-state index in [0.29, 0.717) is 17.9 Å². The maximum absolute atomic E-state index is 13.8. The summed E-state index contributed by atoms with van der Waals surface area (Å²) in [6, 6.07) is 2.21. The van der Waals surface area contributed by atoms with E-state index in [-0.39, 0.29) is 0 Å². The largest absolute Gasteiger partial charge is 0.429 e. The average molecular weight is 372 g/mol. The molecular weight excluding hydrogens is 344 g/mol. The lowest BCUT2D eigenvalue weighted by Crippen LogP contribution is -2.15. The molecule has 1 saturated carbocycles. The topological polar surface area (TPSA) is 9.23 Å². The normalized spacial score (nSPS) is 20.8. The number of hydrogen-bond donors (Lipinski definition) is 0. The van der Waals surface area contributed by atoms with Crippen LogP contribution in [0.5, 0.6) is 5.75 Å².